The third-order valence-electron chi connectivity index (χ3n) is 9.28. The lowest BCUT2D eigenvalue weighted by Gasteiger charge is -2.29. The summed E-state index contributed by atoms with van der Waals surface area (Å²) in [5.41, 5.74) is 6.98. The number of benzene rings is 2. The Morgan fingerprint density at radius 2 is 1.15 bits per heavy atom. The van der Waals surface area contributed by atoms with Crippen molar-refractivity contribution in [3.05, 3.63) is 75.5 Å². The van der Waals surface area contributed by atoms with Gasteiger partial charge in [0.25, 0.3) is 0 Å². The fraction of sp³-hybridized carbons (Fsp3) is 0.615. The van der Waals surface area contributed by atoms with E-state index in [0.29, 0.717) is 29.2 Å². The smallest absolute Gasteiger partial charge is 0.227 e. The number of aliphatic hydroxyl groups is 1. The van der Waals surface area contributed by atoms with Gasteiger partial charge in [0, 0.05) is 5.56 Å². The molecule has 0 saturated carbocycles. The van der Waals surface area contributed by atoms with E-state index in [9.17, 15) is 9.90 Å². The summed E-state index contributed by atoms with van der Waals surface area (Å²) in [4.78, 5) is 13.9. The van der Waals surface area contributed by atoms with Gasteiger partial charge in [-0.05, 0) is 109 Å². The minimum atomic E-state index is -0.252. The van der Waals surface area contributed by atoms with Crippen LogP contribution < -0.4 is 0 Å². The first-order valence-corrected chi connectivity index (χ1v) is 17.1. The Labute approximate surface area is 253 Å². The van der Waals surface area contributed by atoms with E-state index in [2.05, 4.69) is 73.6 Å². The van der Waals surface area contributed by atoms with Crippen LogP contribution in [0.2, 0.25) is 0 Å². The van der Waals surface area contributed by atoms with Gasteiger partial charge < -0.3 is 5.11 Å². The number of ketones is 1. The summed E-state index contributed by atoms with van der Waals surface area (Å²) in [6, 6.07) is 12.8. The zero-order chi connectivity index (χ0) is 30.4. The molecule has 2 aromatic carbocycles. The molecule has 228 valence electrons. The maximum Gasteiger partial charge on any atom is 0.227 e. The van der Waals surface area contributed by atoms with Crippen LogP contribution in [-0.4, -0.2) is 10.9 Å². The van der Waals surface area contributed by atoms with E-state index in [0.717, 1.165) is 88.2 Å². The van der Waals surface area contributed by atoms with Gasteiger partial charge in [-0.2, -0.15) is 0 Å². The quantitative estimate of drug-likeness (QED) is 0.105. The van der Waals surface area contributed by atoms with Crippen LogP contribution in [0.25, 0.3) is 6.08 Å². The van der Waals surface area contributed by atoms with Gasteiger partial charge in [-0.1, -0.05) is 117 Å². The number of hydrogen-bond acceptors (Lipinski definition) is 2. The van der Waals surface area contributed by atoms with Crippen molar-refractivity contribution in [2.75, 3.05) is 0 Å². The molecular weight excluding hydrogens is 500 g/mol. The first-order chi connectivity index (χ1) is 19.8. The maximum atomic E-state index is 13.9. The lowest BCUT2D eigenvalue weighted by Crippen LogP contribution is -2.13. The van der Waals surface area contributed by atoms with Crippen molar-refractivity contribution in [3.8, 4) is 0 Å². The number of hydrogen-bond donors (Lipinski definition) is 1. The summed E-state index contributed by atoms with van der Waals surface area (Å²) in [6.07, 6.45) is 15.1. The molecule has 0 aliphatic heterocycles. The van der Waals surface area contributed by atoms with Gasteiger partial charge in [0.05, 0.1) is 0 Å². The van der Waals surface area contributed by atoms with E-state index in [4.69, 9.17) is 0 Å². The molecule has 0 spiro atoms. The highest BCUT2D eigenvalue weighted by molar-refractivity contribution is 6.10. The van der Waals surface area contributed by atoms with Crippen molar-refractivity contribution in [1.29, 1.82) is 0 Å². The zero-order valence-electron chi connectivity index (χ0n) is 27.7. The SMILES string of the molecule is CCCC(CC)c1cc(C=C(O)C(=O)c2ccccc2C(CC)CCC)c(C(CC)CCC)c(C(CC)CCC)c1. The Kier molecular flexibility index (Phi) is 15.5. The summed E-state index contributed by atoms with van der Waals surface area (Å²) in [6.45, 7) is 18.1. The predicted molar refractivity (Wildman–Crippen MR) is 180 cm³/mol. The van der Waals surface area contributed by atoms with Gasteiger partial charge in [-0.15, -0.1) is 0 Å². The molecule has 2 heteroatoms. The van der Waals surface area contributed by atoms with Crippen LogP contribution in [0.15, 0.2) is 42.2 Å². The van der Waals surface area contributed by atoms with Crippen molar-refractivity contribution < 1.29 is 9.90 Å². The number of aliphatic hydroxyl groups excluding tert-OH is 1. The third kappa shape index (κ3) is 9.07. The second-order valence-electron chi connectivity index (χ2n) is 12.1. The van der Waals surface area contributed by atoms with E-state index >= 15 is 0 Å². The molecule has 0 radical (unpaired) electrons. The highest BCUT2D eigenvalue weighted by atomic mass is 16.3. The van der Waals surface area contributed by atoms with Gasteiger partial charge in [0.2, 0.25) is 5.78 Å². The summed E-state index contributed by atoms with van der Waals surface area (Å²) in [5, 5.41) is 11.5. The summed E-state index contributed by atoms with van der Waals surface area (Å²) in [7, 11) is 0. The van der Waals surface area contributed by atoms with Crippen molar-refractivity contribution in [2.24, 2.45) is 0 Å². The van der Waals surface area contributed by atoms with Crippen LogP contribution in [0, 0.1) is 0 Å². The Morgan fingerprint density at radius 3 is 1.68 bits per heavy atom. The molecule has 41 heavy (non-hydrogen) atoms. The highest BCUT2D eigenvalue weighted by Gasteiger charge is 2.26. The van der Waals surface area contributed by atoms with E-state index in [1.54, 1.807) is 0 Å². The van der Waals surface area contributed by atoms with Gasteiger partial charge in [-0.25, -0.2) is 0 Å². The normalized spacial score (nSPS) is 15.0. The van der Waals surface area contributed by atoms with Crippen molar-refractivity contribution in [2.45, 2.75) is 156 Å². The average molecular weight is 561 g/mol. The van der Waals surface area contributed by atoms with E-state index in [1.165, 1.54) is 16.7 Å². The molecule has 4 atom stereocenters. The predicted octanol–water partition coefficient (Wildman–Crippen LogP) is 12.6. The second-order valence-corrected chi connectivity index (χ2v) is 12.1. The Bertz CT molecular complexity index is 1090. The molecule has 0 amide bonds. The summed E-state index contributed by atoms with van der Waals surface area (Å²) in [5.74, 6) is 1.33. The van der Waals surface area contributed by atoms with E-state index in [-0.39, 0.29) is 11.5 Å². The molecule has 4 unspecified atom stereocenters. The molecule has 0 fully saturated rings. The lowest BCUT2D eigenvalue weighted by atomic mass is 9.76. The van der Waals surface area contributed by atoms with Gasteiger partial charge in [0.15, 0.2) is 5.76 Å². The molecule has 0 aromatic heterocycles. The Morgan fingerprint density at radius 1 is 0.659 bits per heavy atom. The number of carbonyl (C=O) groups is 1. The molecule has 0 heterocycles. The Hall–Kier alpha value is -2.35. The second kappa shape index (κ2) is 18.2. The summed E-state index contributed by atoms with van der Waals surface area (Å²) < 4.78 is 0. The van der Waals surface area contributed by atoms with Crippen molar-refractivity contribution in [1.82, 2.24) is 0 Å². The molecule has 2 aromatic rings. The van der Waals surface area contributed by atoms with Crippen LogP contribution in [0.1, 0.15) is 194 Å². The van der Waals surface area contributed by atoms with Gasteiger partial charge in [0.1, 0.15) is 0 Å². The fourth-order valence-electron chi connectivity index (χ4n) is 7.01. The maximum absolute atomic E-state index is 13.9. The molecule has 0 aliphatic carbocycles. The van der Waals surface area contributed by atoms with E-state index < -0.39 is 0 Å². The average Bonchev–Trinajstić information content (AvgIpc) is 2.99. The highest BCUT2D eigenvalue weighted by Crippen LogP contribution is 2.41. The van der Waals surface area contributed by atoms with Gasteiger partial charge >= 0.3 is 0 Å². The molecule has 0 aliphatic rings. The number of rotatable bonds is 19. The standard InChI is InChI=1S/C39H60O2/c1-9-19-28(13-5)32-25-33(38(31(16-8)22-12-4)36(26-32)30(15-7)21-11-3)27-37(40)39(41)35-24-18-17-23-34(35)29(14-6)20-10-2/h17-18,23-31,40H,9-16,19-22H2,1-8H3. The molecular formula is C39H60O2. The van der Waals surface area contributed by atoms with Gasteiger partial charge in [-0.3, -0.25) is 4.79 Å². The summed E-state index contributed by atoms with van der Waals surface area (Å²) >= 11 is 0. The number of allylic oxidation sites excluding steroid dienone is 1. The first kappa shape index (κ1) is 34.8. The molecule has 2 rings (SSSR count). The van der Waals surface area contributed by atoms with Crippen LogP contribution in [-0.2, 0) is 0 Å². The molecule has 2 nitrogen and oxygen atoms in total. The molecule has 0 saturated heterocycles. The topological polar surface area (TPSA) is 37.3 Å². The Balaban J connectivity index is 2.84. The largest absolute Gasteiger partial charge is 0.504 e. The molecule has 0 bridgehead atoms. The van der Waals surface area contributed by atoms with Crippen LogP contribution in [0.5, 0.6) is 0 Å². The number of Topliss-reactive ketones (excluding diaryl/α,β-unsaturated/α-hetero) is 1. The minimum absolute atomic E-state index is 0.133. The molecule has 1 N–H and O–H groups in total. The minimum Gasteiger partial charge on any atom is -0.504 e. The fourth-order valence-corrected chi connectivity index (χ4v) is 7.01. The van der Waals surface area contributed by atoms with E-state index in [1.807, 2.05) is 24.3 Å². The first-order valence-electron chi connectivity index (χ1n) is 17.1. The van der Waals surface area contributed by atoms with Crippen LogP contribution in [0.3, 0.4) is 0 Å². The lowest BCUT2D eigenvalue weighted by molar-refractivity contribution is 0.0979. The van der Waals surface area contributed by atoms with Crippen LogP contribution >= 0.6 is 0 Å². The van der Waals surface area contributed by atoms with Crippen LogP contribution in [0.4, 0.5) is 0 Å². The third-order valence-corrected chi connectivity index (χ3v) is 9.28. The zero-order valence-corrected chi connectivity index (χ0v) is 27.7. The monoisotopic (exact) mass is 560 g/mol. The number of carbonyl (C=O) groups excluding carboxylic acids is 1. The van der Waals surface area contributed by atoms with Crippen molar-refractivity contribution in [3.63, 3.8) is 0 Å². The van der Waals surface area contributed by atoms with Crippen molar-refractivity contribution >= 4 is 11.9 Å².